The number of carbonyl (C=O) groups is 1. The predicted molar refractivity (Wildman–Crippen MR) is 118 cm³/mol. The van der Waals surface area contributed by atoms with Gasteiger partial charge in [-0.2, -0.15) is 5.10 Å². The van der Waals surface area contributed by atoms with Crippen molar-refractivity contribution >= 4 is 23.2 Å². The van der Waals surface area contributed by atoms with Crippen LogP contribution < -0.4 is 10.6 Å². The van der Waals surface area contributed by atoms with Crippen LogP contribution in [0.1, 0.15) is 40.4 Å². The number of halogens is 1. The molecule has 1 amide bonds. The molecule has 0 bridgehead atoms. The van der Waals surface area contributed by atoms with Crippen molar-refractivity contribution in [2.45, 2.75) is 25.3 Å². The van der Waals surface area contributed by atoms with Crippen molar-refractivity contribution in [3.8, 4) is 5.69 Å². The van der Waals surface area contributed by atoms with Crippen LogP contribution in [0.3, 0.4) is 0 Å². The molecule has 0 spiro atoms. The minimum atomic E-state index is -0.435. The molecule has 0 saturated carbocycles. The molecule has 1 fully saturated rings. The van der Waals surface area contributed by atoms with E-state index in [1.807, 2.05) is 18.2 Å². The average Bonchev–Trinajstić information content (AvgIpc) is 3.23. The molecule has 1 aliphatic heterocycles. The largest absolute Gasteiger partial charge is 0.348 e. The number of nitro benzene ring substituents is 1. The van der Waals surface area contributed by atoms with E-state index < -0.39 is 4.92 Å². The van der Waals surface area contributed by atoms with Crippen LogP contribution in [0.4, 0.5) is 5.69 Å². The molecular weight excluding hydrogens is 418 g/mol. The molecule has 160 valence electrons. The Morgan fingerprint density at radius 3 is 2.65 bits per heavy atom. The van der Waals surface area contributed by atoms with Gasteiger partial charge in [-0.3, -0.25) is 14.9 Å². The molecule has 31 heavy (non-hydrogen) atoms. The summed E-state index contributed by atoms with van der Waals surface area (Å²) in [5.74, 6) is -0.0486. The quantitative estimate of drug-likeness (QED) is 0.449. The van der Waals surface area contributed by atoms with Crippen molar-refractivity contribution < 1.29 is 9.72 Å². The second-order valence-electron chi connectivity index (χ2n) is 7.47. The van der Waals surface area contributed by atoms with Gasteiger partial charge in [-0.25, -0.2) is 4.68 Å². The molecule has 1 aliphatic rings. The maximum atomic E-state index is 13.1. The third-order valence-electron chi connectivity index (χ3n) is 5.42. The Hall–Kier alpha value is -3.23. The molecule has 0 atom stereocenters. The predicted octanol–water partition coefficient (Wildman–Crippen LogP) is 3.83. The number of rotatable bonds is 6. The third-order valence-corrected chi connectivity index (χ3v) is 5.66. The number of benzene rings is 2. The van der Waals surface area contributed by atoms with Crippen molar-refractivity contribution in [1.29, 1.82) is 0 Å². The first-order valence-corrected chi connectivity index (χ1v) is 10.5. The van der Waals surface area contributed by atoms with E-state index in [1.165, 1.54) is 12.1 Å². The van der Waals surface area contributed by atoms with E-state index in [4.69, 9.17) is 11.6 Å². The van der Waals surface area contributed by atoms with Crippen LogP contribution >= 0.6 is 11.6 Å². The maximum Gasteiger partial charge on any atom is 0.269 e. The van der Waals surface area contributed by atoms with E-state index in [9.17, 15) is 14.9 Å². The Bertz CT molecular complexity index is 1090. The second-order valence-corrected chi connectivity index (χ2v) is 7.90. The third kappa shape index (κ3) is 4.76. The Labute approximate surface area is 184 Å². The molecule has 1 saturated heterocycles. The van der Waals surface area contributed by atoms with Crippen LogP contribution in [-0.2, 0) is 6.54 Å². The lowest BCUT2D eigenvalue weighted by Crippen LogP contribution is -2.30. The zero-order chi connectivity index (χ0) is 21.8. The minimum Gasteiger partial charge on any atom is -0.348 e. The van der Waals surface area contributed by atoms with Crippen LogP contribution in [0.15, 0.2) is 54.7 Å². The van der Waals surface area contributed by atoms with Gasteiger partial charge in [0.15, 0.2) is 0 Å². The summed E-state index contributed by atoms with van der Waals surface area (Å²) in [5, 5.41) is 22.4. The van der Waals surface area contributed by atoms with E-state index in [2.05, 4.69) is 15.7 Å². The monoisotopic (exact) mass is 439 g/mol. The molecule has 2 heterocycles. The molecule has 1 aromatic heterocycles. The smallest absolute Gasteiger partial charge is 0.269 e. The molecule has 2 N–H and O–H groups in total. The molecule has 2 aromatic carbocycles. The van der Waals surface area contributed by atoms with Crippen LogP contribution in [0.25, 0.3) is 5.69 Å². The molecule has 4 rings (SSSR count). The van der Waals surface area contributed by atoms with Gasteiger partial charge in [0.05, 0.1) is 28.1 Å². The molecule has 0 radical (unpaired) electrons. The van der Waals surface area contributed by atoms with Gasteiger partial charge in [0.2, 0.25) is 0 Å². The maximum absolute atomic E-state index is 13.1. The summed E-state index contributed by atoms with van der Waals surface area (Å²) in [6.07, 6.45) is 3.34. The highest BCUT2D eigenvalue weighted by atomic mass is 35.5. The first-order valence-electron chi connectivity index (χ1n) is 10.1. The lowest BCUT2D eigenvalue weighted by atomic mass is 9.91. The average molecular weight is 440 g/mol. The first-order chi connectivity index (χ1) is 15.0. The lowest BCUT2D eigenvalue weighted by Gasteiger charge is -2.24. The Morgan fingerprint density at radius 2 is 1.97 bits per heavy atom. The van der Waals surface area contributed by atoms with Gasteiger partial charge in [0, 0.05) is 29.6 Å². The summed E-state index contributed by atoms with van der Waals surface area (Å²) in [5.41, 5.74) is 2.96. The number of hydrogen-bond acceptors (Lipinski definition) is 5. The number of hydrogen-bond donors (Lipinski definition) is 2. The normalized spacial score (nSPS) is 14.4. The number of amides is 1. The fourth-order valence-electron chi connectivity index (χ4n) is 3.87. The summed E-state index contributed by atoms with van der Waals surface area (Å²) in [6, 6.07) is 13.6. The number of carbonyl (C=O) groups excluding carboxylic acids is 1. The fourth-order valence-corrected chi connectivity index (χ4v) is 4.08. The van der Waals surface area contributed by atoms with Crippen LogP contribution in [0, 0.1) is 10.1 Å². The second kappa shape index (κ2) is 9.28. The minimum absolute atomic E-state index is 0.0128. The topological polar surface area (TPSA) is 102 Å². The van der Waals surface area contributed by atoms with Gasteiger partial charge in [-0.1, -0.05) is 23.7 Å². The summed E-state index contributed by atoms with van der Waals surface area (Å²) in [6.45, 7) is 2.08. The summed E-state index contributed by atoms with van der Waals surface area (Å²) >= 11 is 6.03. The van der Waals surface area contributed by atoms with E-state index >= 15 is 0 Å². The van der Waals surface area contributed by atoms with Gasteiger partial charge in [0.25, 0.3) is 11.6 Å². The summed E-state index contributed by atoms with van der Waals surface area (Å²) in [7, 11) is 0. The number of aromatic nitrogens is 2. The zero-order valence-corrected chi connectivity index (χ0v) is 17.5. The van der Waals surface area contributed by atoms with Gasteiger partial charge < -0.3 is 10.6 Å². The molecule has 9 heteroatoms. The SMILES string of the molecule is O=C(NCc1cccc(Cl)c1)c1cnn(-c2ccc([N+](=O)[O-])cc2)c1C1CCNCC1. The molecular formula is C22H22ClN5O3. The summed E-state index contributed by atoms with van der Waals surface area (Å²) < 4.78 is 1.73. The lowest BCUT2D eigenvalue weighted by molar-refractivity contribution is -0.384. The fraction of sp³-hybridized carbons (Fsp3) is 0.273. The van der Waals surface area contributed by atoms with Gasteiger partial charge >= 0.3 is 0 Å². The number of nitrogens with one attached hydrogen (secondary N) is 2. The van der Waals surface area contributed by atoms with Crippen molar-refractivity contribution in [3.63, 3.8) is 0 Å². The van der Waals surface area contributed by atoms with Gasteiger partial charge in [-0.05, 0) is 55.8 Å². The number of nitrogens with zero attached hydrogens (tertiary/aromatic N) is 3. The first kappa shape index (κ1) is 21.0. The molecule has 0 unspecified atom stereocenters. The highest BCUT2D eigenvalue weighted by Crippen LogP contribution is 2.30. The Balaban J connectivity index is 1.63. The molecule has 0 aliphatic carbocycles. The van der Waals surface area contributed by atoms with Crippen LogP contribution in [-0.4, -0.2) is 33.7 Å². The molecule has 3 aromatic rings. The van der Waals surface area contributed by atoms with E-state index in [0.717, 1.165) is 37.2 Å². The Kier molecular flexibility index (Phi) is 6.29. The van der Waals surface area contributed by atoms with E-state index in [-0.39, 0.29) is 17.5 Å². The number of nitro groups is 1. The van der Waals surface area contributed by atoms with Crippen molar-refractivity contribution in [3.05, 3.63) is 86.7 Å². The highest BCUT2D eigenvalue weighted by molar-refractivity contribution is 6.30. The summed E-state index contributed by atoms with van der Waals surface area (Å²) in [4.78, 5) is 23.6. The van der Waals surface area contributed by atoms with E-state index in [1.54, 1.807) is 29.1 Å². The standard InChI is InChI=1S/C22H22ClN5O3/c23-17-3-1-2-15(12-17)13-25-22(29)20-14-26-27(21(20)16-8-10-24-11-9-16)18-4-6-19(7-5-18)28(30)31/h1-7,12,14,16,24H,8-11,13H2,(H,25,29). The van der Waals surface area contributed by atoms with Gasteiger partial charge in [-0.15, -0.1) is 0 Å². The van der Waals surface area contributed by atoms with Crippen LogP contribution in [0.2, 0.25) is 5.02 Å². The zero-order valence-electron chi connectivity index (χ0n) is 16.8. The van der Waals surface area contributed by atoms with Crippen molar-refractivity contribution in [2.24, 2.45) is 0 Å². The van der Waals surface area contributed by atoms with E-state index in [0.29, 0.717) is 22.8 Å². The highest BCUT2D eigenvalue weighted by Gasteiger charge is 2.27. The number of non-ortho nitro benzene ring substituents is 1. The number of piperidine rings is 1. The van der Waals surface area contributed by atoms with Crippen molar-refractivity contribution in [2.75, 3.05) is 13.1 Å². The van der Waals surface area contributed by atoms with Gasteiger partial charge in [0.1, 0.15) is 0 Å². The Morgan fingerprint density at radius 1 is 1.23 bits per heavy atom. The van der Waals surface area contributed by atoms with Crippen molar-refractivity contribution in [1.82, 2.24) is 20.4 Å². The molecule has 8 nitrogen and oxygen atoms in total. The van der Waals surface area contributed by atoms with Crippen LogP contribution in [0.5, 0.6) is 0 Å².